The van der Waals surface area contributed by atoms with Gasteiger partial charge in [-0.1, -0.05) is 0 Å². The van der Waals surface area contributed by atoms with Crippen LogP contribution in [0.15, 0.2) is 0 Å². The van der Waals surface area contributed by atoms with E-state index in [9.17, 15) is 9.59 Å². The summed E-state index contributed by atoms with van der Waals surface area (Å²) in [6.07, 6.45) is 4.52. The number of nitrogens with one attached hydrogen (secondary N) is 2. The van der Waals surface area contributed by atoms with E-state index in [4.69, 9.17) is 9.84 Å². The largest absolute Gasteiger partial charge is 0.480 e. The van der Waals surface area contributed by atoms with E-state index < -0.39 is 18.0 Å². The van der Waals surface area contributed by atoms with Crippen LogP contribution in [-0.4, -0.2) is 53.9 Å². The molecule has 0 saturated carbocycles. The van der Waals surface area contributed by atoms with E-state index in [0.29, 0.717) is 18.7 Å². The smallest absolute Gasteiger partial charge is 0.326 e. The molecule has 1 rings (SSSR count). The molecule has 0 aliphatic carbocycles. The van der Waals surface area contributed by atoms with Crippen molar-refractivity contribution in [3.63, 3.8) is 0 Å². The molecule has 0 aromatic rings. The van der Waals surface area contributed by atoms with Gasteiger partial charge in [-0.25, -0.2) is 9.59 Å². The quantitative estimate of drug-likeness (QED) is 0.652. The number of carboxylic acids is 1. The standard InChI is InChI=1S/C12H22N2O4S/c1-8-3-4-9(18-8)7-13-12(17)14-10(11(15)16)5-6-19-2/h8-10H,3-7H2,1-2H3,(H,15,16)(H2,13,14,17). The van der Waals surface area contributed by atoms with Crippen molar-refractivity contribution in [2.45, 2.75) is 44.4 Å². The fraction of sp³-hybridized carbons (Fsp3) is 0.833. The third-order valence-corrected chi connectivity index (χ3v) is 3.67. The Hall–Kier alpha value is -0.950. The summed E-state index contributed by atoms with van der Waals surface area (Å²) in [6, 6.07) is -1.28. The first kappa shape index (κ1) is 16.1. The summed E-state index contributed by atoms with van der Waals surface area (Å²) in [6.45, 7) is 2.42. The van der Waals surface area contributed by atoms with Crippen LogP contribution in [0.5, 0.6) is 0 Å². The maximum Gasteiger partial charge on any atom is 0.326 e. The maximum atomic E-state index is 11.6. The number of carboxylic acid groups (broad SMARTS) is 1. The van der Waals surface area contributed by atoms with Gasteiger partial charge in [0.05, 0.1) is 12.2 Å². The van der Waals surface area contributed by atoms with Crippen LogP contribution in [0, 0.1) is 0 Å². The molecule has 1 aliphatic rings. The molecular formula is C12H22N2O4S. The Kier molecular flexibility index (Phi) is 7.01. The second-order valence-corrected chi connectivity index (χ2v) is 5.66. The topological polar surface area (TPSA) is 87.7 Å². The molecule has 1 fully saturated rings. The highest BCUT2D eigenvalue weighted by Crippen LogP contribution is 2.17. The van der Waals surface area contributed by atoms with E-state index in [-0.39, 0.29) is 12.2 Å². The minimum absolute atomic E-state index is 0.0372. The van der Waals surface area contributed by atoms with Crippen molar-refractivity contribution in [1.82, 2.24) is 10.6 Å². The number of urea groups is 1. The van der Waals surface area contributed by atoms with Gasteiger partial charge in [0.15, 0.2) is 0 Å². The Morgan fingerprint density at radius 3 is 2.74 bits per heavy atom. The third-order valence-electron chi connectivity index (χ3n) is 3.02. The minimum atomic E-state index is -1.00. The van der Waals surface area contributed by atoms with Crippen molar-refractivity contribution in [2.75, 3.05) is 18.6 Å². The zero-order chi connectivity index (χ0) is 14.3. The van der Waals surface area contributed by atoms with Gasteiger partial charge in [-0.15, -0.1) is 0 Å². The van der Waals surface area contributed by atoms with Gasteiger partial charge >= 0.3 is 12.0 Å². The molecule has 0 radical (unpaired) electrons. The molecule has 1 heterocycles. The number of thioether (sulfide) groups is 1. The van der Waals surface area contributed by atoms with Gasteiger partial charge in [-0.3, -0.25) is 0 Å². The van der Waals surface area contributed by atoms with Crippen LogP contribution < -0.4 is 10.6 Å². The number of ether oxygens (including phenoxy) is 1. The monoisotopic (exact) mass is 290 g/mol. The van der Waals surface area contributed by atoms with Crippen LogP contribution in [0.3, 0.4) is 0 Å². The molecule has 0 spiro atoms. The fourth-order valence-corrected chi connectivity index (χ4v) is 2.42. The lowest BCUT2D eigenvalue weighted by Gasteiger charge is -2.16. The van der Waals surface area contributed by atoms with Gasteiger partial charge in [-0.05, 0) is 38.2 Å². The SMILES string of the molecule is CSCCC(NC(=O)NCC1CCC(C)O1)C(=O)O. The van der Waals surface area contributed by atoms with E-state index in [1.165, 1.54) is 0 Å². The van der Waals surface area contributed by atoms with Crippen LogP contribution in [0.4, 0.5) is 4.79 Å². The van der Waals surface area contributed by atoms with Crippen LogP contribution >= 0.6 is 11.8 Å². The molecule has 1 saturated heterocycles. The Morgan fingerprint density at radius 2 is 2.21 bits per heavy atom. The summed E-state index contributed by atoms with van der Waals surface area (Å²) in [4.78, 5) is 22.6. The molecule has 2 amide bonds. The fourth-order valence-electron chi connectivity index (χ4n) is 1.94. The molecule has 3 N–H and O–H groups in total. The average molecular weight is 290 g/mol. The number of carbonyl (C=O) groups is 2. The first-order chi connectivity index (χ1) is 9.02. The van der Waals surface area contributed by atoms with Crippen LogP contribution in [-0.2, 0) is 9.53 Å². The van der Waals surface area contributed by atoms with Crippen LogP contribution in [0.1, 0.15) is 26.2 Å². The Balaban J connectivity index is 2.26. The highest BCUT2D eigenvalue weighted by Gasteiger charge is 2.23. The molecule has 0 aromatic heterocycles. The highest BCUT2D eigenvalue weighted by molar-refractivity contribution is 7.98. The second kappa shape index (κ2) is 8.27. The maximum absolute atomic E-state index is 11.6. The molecule has 0 bridgehead atoms. The van der Waals surface area contributed by atoms with E-state index >= 15 is 0 Å². The Bertz CT molecular complexity index is 314. The Labute approximate surface area is 117 Å². The average Bonchev–Trinajstić information content (AvgIpc) is 2.77. The van der Waals surface area contributed by atoms with Gasteiger partial charge in [0, 0.05) is 6.54 Å². The van der Waals surface area contributed by atoms with Crippen LogP contribution in [0.2, 0.25) is 0 Å². The molecular weight excluding hydrogens is 268 g/mol. The zero-order valence-corrected chi connectivity index (χ0v) is 12.2. The number of aliphatic carboxylic acids is 1. The molecule has 7 heteroatoms. The van der Waals surface area contributed by atoms with Crippen molar-refractivity contribution in [2.24, 2.45) is 0 Å². The number of carbonyl (C=O) groups excluding carboxylic acids is 1. The number of amides is 2. The molecule has 3 atom stereocenters. The van der Waals surface area contributed by atoms with Gasteiger partial charge in [0.25, 0.3) is 0 Å². The third kappa shape index (κ3) is 6.15. The van der Waals surface area contributed by atoms with Crippen LogP contribution in [0.25, 0.3) is 0 Å². The normalized spacial score (nSPS) is 23.9. The number of rotatable bonds is 7. The summed E-state index contributed by atoms with van der Waals surface area (Å²) in [5, 5.41) is 14.1. The number of hydrogen-bond acceptors (Lipinski definition) is 4. The predicted molar refractivity (Wildman–Crippen MR) is 74.5 cm³/mol. The lowest BCUT2D eigenvalue weighted by molar-refractivity contribution is -0.139. The summed E-state index contributed by atoms with van der Waals surface area (Å²) in [5.41, 5.74) is 0. The van der Waals surface area contributed by atoms with E-state index in [2.05, 4.69) is 10.6 Å². The summed E-state index contributed by atoms with van der Waals surface area (Å²) in [5.74, 6) is -0.310. The molecule has 6 nitrogen and oxygen atoms in total. The molecule has 1 aliphatic heterocycles. The lowest BCUT2D eigenvalue weighted by Crippen LogP contribution is -2.47. The van der Waals surface area contributed by atoms with Gasteiger partial charge in [-0.2, -0.15) is 11.8 Å². The van der Waals surface area contributed by atoms with Gasteiger partial charge in [0.2, 0.25) is 0 Å². The van der Waals surface area contributed by atoms with Gasteiger partial charge in [0.1, 0.15) is 6.04 Å². The van der Waals surface area contributed by atoms with Crippen molar-refractivity contribution in [3.8, 4) is 0 Å². The highest BCUT2D eigenvalue weighted by atomic mass is 32.2. The Morgan fingerprint density at radius 1 is 1.47 bits per heavy atom. The minimum Gasteiger partial charge on any atom is -0.480 e. The van der Waals surface area contributed by atoms with E-state index in [0.717, 1.165) is 12.8 Å². The molecule has 0 aromatic carbocycles. The van der Waals surface area contributed by atoms with E-state index in [1.54, 1.807) is 11.8 Å². The molecule has 110 valence electrons. The number of hydrogen-bond donors (Lipinski definition) is 3. The van der Waals surface area contributed by atoms with Crippen molar-refractivity contribution >= 4 is 23.8 Å². The van der Waals surface area contributed by atoms with Crippen molar-refractivity contribution in [3.05, 3.63) is 0 Å². The lowest BCUT2D eigenvalue weighted by atomic mass is 10.2. The first-order valence-electron chi connectivity index (χ1n) is 6.44. The molecule has 19 heavy (non-hydrogen) atoms. The molecule has 3 unspecified atom stereocenters. The predicted octanol–water partition coefficient (Wildman–Crippen LogP) is 1.06. The zero-order valence-electron chi connectivity index (χ0n) is 11.3. The summed E-state index contributed by atoms with van der Waals surface area (Å²) >= 11 is 1.55. The van der Waals surface area contributed by atoms with Crippen molar-refractivity contribution < 1.29 is 19.4 Å². The van der Waals surface area contributed by atoms with Crippen molar-refractivity contribution in [1.29, 1.82) is 0 Å². The summed E-state index contributed by atoms with van der Waals surface area (Å²) in [7, 11) is 0. The van der Waals surface area contributed by atoms with E-state index in [1.807, 2.05) is 13.2 Å². The van der Waals surface area contributed by atoms with Gasteiger partial charge < -0.3 is 20.5 Å². The summed E-state index contributed by atoms with van der Waals surface area (Å²) < 4.78 is 5.57. The first-order valence-corrected chi connectivity index (χ1v) is 7.84. The second-order valence-electron chi connectivity index (χ2n) is 4.67.